The number of nitrogens with zero attached hydrogens (tertiary/aromatic N) is 2. The van der Waals surface area contributed by atoms with Gasteiger partial charge in [0.15, 0.2) is 0 Å². The number of rotatable bonds is 5. The summed E-state index contributed by atoms with van der Waals surface area (Å²) in [6.45, 7) is 6.05. The van der Waals surface area contributed by atoms with E-state index in [0.717, 1.165) is 23.5 Å². The standard InChI is InChI=1S/C26H24N2O6S3/c1-6-34-15-9-10-17-16(12-15)18(25-36-19(23(30)32-4)20(37-25)24(31)33-5)21(35)26(2,3)28(17)22(29)14-8-7-11-27-13-14/h7-13H,6H2,1-5H3. The second-order valence-electron chi connectivity index (χ2n) is 8.39. The molecule has 0 fully saturated rings. The Hall–Kier alpha value is -3.15. The minimum atomic E-state index is -0.939. The quantitative estimate of drug-likeness (QED) is 0.285. The normalized spacial score (nSPS) is 16.5. The number of amides is 1. The van der Waals surface area contributed by atoms with Gasteiger partial charge in [0.05, 0.1) is 46.7 Å². The van der Waals surface area contributed by atoms with Crippen molar-refractivity contribution in [2.24, 2.45) is 0 Å². The van der Waals surface area contributed by atoms with Crippen LogP contribution in [0.1, 0.15) is 36.7 Å². The van der Waals surface area contributed by atoms with Crippen molar-refractivity contribution in [3.63, 3.8) is 0 Å². The van der Waals surface area contributed by atoms with Crippen molar-refractivity contribution in [1.29, 1.82) is 0 Å². The van der Waals surface area contributed by atoms with Gasteiger partial charge in [0, 0.05) is 23.5 Å². The third-order valence-electron chi connectivity index (χ3n) is 5.78. The molecular weight excluding hydrogens is 532 g/mol. The minimum absolute atomic E-state index is 0.124. The highest BCUT2D eigenvalue weighted by atomic mass is 32.2. The number of ether oxygens (including phenoxy) is 3. The Balaban J connectivity index is 1.94. The Labute approximate surface area is 228 Å². The number of aromatic nitrogens is 1. The number of thiocarbonyl (C=S) groups is 1. The molecule has 3 heterocycles. The van der Waals surface area contributed by atoms with Gasteiger partial charge in [0.1, 0.15) is 15.6 Å². The molecule has 8 nitrogen and oxygen atoms in total. The summed E-state index contributed by atoms with van der Waals surface area (Å²) in [5, 5.41) is 0. The van der Waals surface area contributed by atoms with E-state index in [1.807, 2.05) is 32.9 Å². The lowest BCUT2D eigenvalue weighted by Gasteiger charge is -2.45. The largest absolute Gasteiger partial charge is 0.494 e. The molecule has 0 unspecified atom stereocenters. The number of fused-ring (bicyclic) bond motifs is 1. The molecular formula is C26H24N2O6S3. The first-order valence-corrected chi connectivity index (χ1v) is 13.3. The van der Waals surface area contributed by atoms with E-state index in [2.05, 4.69) is 4.98 Å². The third kappa shape index (κ3) is 4.78. The van der Waals surface area contributed by atoms with Gasteiger partial charge in [-0.3, -0.25) is 14.7 Å². The van der Waals surface area contributed by atoms with Crippen molar-refractivity contribution >= 4 is 69.7 Å². The van der Waals surface area contributed by atoms with Crippen molar-refractivity contribution in [3.8, 4) is 5.75 Å². The summed E-state index contributed by atoms with van der Waals surface area (Å²) in [4.78, 5) is 45.2. The van der Waals surface area contributed by atoms with Gasteiger partial charge in [-0.2, -0.15) is 0 Å². The molecule has 0 N–H and O–H groups in total. The van der Waals surface area contributed by atoms with Crippen LogP contribution in [0.3, 0.4) is 0 Å². The summed E-state index contributed by atoms with van der Waals surface area (Å²) in [5.74, 6) is -0.958. The molecule has 0 spiro atoms. The lowest BCUT2D eigenvalue weighted by Crippen LogP contribution is -2.56. The summed E-state index contributed by atoms with van der Waals surface area (Å²) < 4.78 is 16.2. The number of benzene rings is 1. The predicted octanol–water partition coefficient (Wildman–Crippen LogP) is 5.00. The fourth-order valence-corrected chi connectivity index (χ4v) is 7.07. The van der Waals surface area contributed by atoms with Crippen molar-refractivity contribution < 1.29 is 28.6 Å². The molecule has 2 aliphatic rings. The number of carbonyl (C=O) groups excluding carboxylic acids is 3. The maximum atomic E-state index is 13.8. The zero-order valence-corrected chi connectivity index (χ0v) is 23.3. The molecule has 11 heteroatoms. The average Bonchev–Trinajstić information content (AvgIpc) is 3.34. The van der Waals surface area contributed by atoms with Gasteiger partial charge >= 0.3 is 11.9 Å². The zero-order chi connectivity index (χ0) is 26.9. The van der Waals surface area contributed by atoms with Gasteiger partial charge < -0.3 is 14.2 Å². The predicted molar refractivity (Wildman–Crippen MR) is 148 cm³/mol. The Morgan fingerprint density at radius 2 is 1.70 bits per heavy atom. The summed E-state index contributed by atoms with van der Waals surface area (Å²) in [7, 11) is 2.50. The average molecular weight is 557 g/mol. The molecule has 1 amide bonds. The fraction of sp³-hybridized carbons (Fsp3) is 0.269. The first-order chi connectivity index (χ1) is 17.6. The van der Waals surface area contributed by atoms with Crippen molar-refractivity contribution in [3.05, 3.63) is 67.9 Å². The summed E-state index contributed by atoms with van der Waals surface area (Å²) in [6, 6.07) is 8.84. The molecule has 0 atom stereocenters. The smallest absolute Gasteiger partial charge is 0.346 e. The monoisotopic (exact) mass is 556 g/mol. The molecule has 4 rings (SSSR count). The Bertz CT molecular complexity index is 1340. The highest BCUT2D eigenvalue weighted by molar-refractivity contribution is 8.29. The number of anilines is 1. The number of carbonyl (C=O) groups is 3. The van der Waals surface area contributed by atoms with Crippen LogP contribution in [0.25, 0.3) is 5.57 Å². The van der Waals surface area contributed by atoms with Gasteiger partial charge in [-0.25, -0.2) is 9.59 Å². The lowest BCUT2D eigenvalue weighted by atomic mass is 9.83. The molecule has 2 aromatic rings. The van der Waals surface area contributed by atoms with Crippen LogP contribution in [-0.4, -0.2) is 54.1 Å². The summed E-state index contributed by atoms with van der Waals surface area (Å²) >= 11 is 8.21. The fourth-order valence-electron chi connectivity index (χ4n) is 4.04. The molecule has 1 aromatic heterocycles. The summed E-state index contributed by atoms with van der Waals surface area (Å²) in [5.41, 5.74) is 1.39. The second kappa shape index (κ2) is 10.7. The van der Waals surface area contributed by atoms with Crippen LogP contribution in [0.4, 0.5) is 5.69 Å². The van der Waals surface area contributed by atoms with Crippen molar-refractivity contribution in [1.82, 2.24) is 4.98 Å². The van der Waals surface area contributed by atoms with Crippen LogP contribution in [0.15, 0.2) is 56.8 Å². The van der Waals surface area contributed by atoms with E-state index in [4.69, 9.17) is 26.4 Å². The number of methoxy groups -OCH3 is 2. The SMILES string of the molecule is CCOc1ccc2c(c1)C(=C1SC(C(=O)OC)=C(C(=O)OC)S1)C(=S)C(C)(C)N2C(=O)c1cccnc1. The van der Waals surface area contributed by atoms with E-state index in [0.29, 0.717) is 43.8 Å². The van der Waals surface area contributed by atoms with E-state index in [1.165, 1.54) is 20.4 Å². The van der Waals surface area contributed by atoms with Gasteiger partial charge in [0.25, 0.3) is 5.91 Å². The molecule has 0 saturated heterocycles. The zero-order valence-electron chi connectivity index (χ0n) is 20.8. The maximum absolute atomic E-state index is 13.8. The first kappa shape index (κ1) is 26.9. The van der Waals surface area contributed by atoms with E-state index in [-0.39, 0.29) is 15.7 Å². The van der Waals surface area contributed by atoms with Crippen LogP contribution < -0.4 is 9.64 Å². The lowest BCUT2D eigenvalue weighted by molar-refractivity contribution is -0.138. The number of hydrogen-bond donors (Lipinski definition) is 0. The Morgan fingerprint density at radius 1 is 1.05 bits per heavy atom. The summed E-state index contributed by atoms with van der Waals surface area (Å²) in [6.07, 6.45) is 3.12. The molecule has 2 aliphatic heterocycles. The first-order valence-electron chi connectivity index (χ1n) is 11.2. The van der Waals surface area contributed by atoms with E-state index < -0.39 is 17.5 Å². The van der Waals surface area contributed by atoms with Gasteiger partial charge in [-0.1, -0.05) is 35.7 Å². The van der Waals surface area contributed by atoms with Crippen LogP contribution in [0.2, 0.25) is 0 Å². The molecule has 37 heavy (non-hydrogen) atoms. The Morgan fingerprint density at radius 3 is 2.24 bits per heavy atom. The molecule has 0 bridgehead atoms. The molecule has 192 valence electrons. The number of thioether (sulfide) groups is 2. The highest BCUT2D eigenvalue weighted by Gasteiger charge is 2.46. The topological polar surface area (TPSA) is 95.0 Å². The second-order valence-corrected chi connectivity index (χ2v) is 11.1. The van der Waals surface area contributed by atoms with Crippen LogP contribution >= 0.6 is 35.7 Å². The number of esters is 2. The van der Waals surface area contributed by atoms with Crippen LogP contribution in [0, 0.1) is 0 Å². The van der Waals surface area contributed by atoms with Gasteiger partial charge in [0.2, 0.25) is 0 Å². The maximum Gasteiger partial charge on any atom is 0.346 e. The Kier molecular flexibility index (Phi) is 7.77. The third-order valence-corrected chi connectivity index (χ3v) is 9.05. The molecule has 0 saturated carbocycles. The van der Waals surface area contributed by atoms with Crippen molar-refractivity contribution in [2.75, 3.05) is 25.7 Å². The van der Waals surface area contributed by atoms with E-state index in [9.17, 15) is 14.4 Å². The van der Waals surface area contributed by atoms with E-state index in [1.54, 1.807) is 29.3 Å². The van der Waals surface area contributed by atoms with E-state index >= 15 is 0 Å². The van der Waals surface area contributed by atoms with Crippen LogP contribution in [-0.2, 0) is 19.1 Å². The van der Waals surface area contributed by atoms with Crippen molar-refractivity contribution in [2.45, 2.75) is 26.3 Å². The number of hydrogen-bond acceptors (Lipinski definition) is 10. The highest BCUT2D eigenvalue weighted by Crippen LogP contribution is 2.56. The van der Waals surface area contributed by atoms with Gasteiger partial charge in [-0.15, -0.1) is 0 Å². The molecule has 1 aromatic carbocycles. The van der Waals surface area contributed by atoms with Gasteiger partial charge in [-0.05, 0) is 51.1 Å². The molecule has 0 radical (unpaired) electrons. The van der Waals surface area contributed by atoms with Crippen LogP contribution in [0.5, 0.6) is 5.75 Å². The molecule has 0 aliphatic carbocycles. The number of pyridine rings is 1. The minimum Gasteiger partial charge on any atom is -0.494 e.